The van der Waals surface area contributed by atoms with E-state index in [1.807, 2.05) is 0 Å². The van der Waals surface area contributed by atoms with E-state index in [0.717, 1.165) is 18.6 Å². The Morgan fingerprint density at radius 3 is 2.50 bits per heavy atom. The van der Waals surface area contributed by atoms with Crippen LogP contribution in [0.3, 0.4) is 0 Å². The highest BCUT2D eigenvalue weighted by Gasteiger charge is 2.62. The predicted molar refractivity (Wildman–Crippen MR) is 52.4 cm³/mol. The monoisotopic (exact) mass is 184 g/mol. The van der Waals surface area contributed by atoms with E-state index in [9.17, 15) is 4.79 Å². The molecule has 68 valence electrons. The van der Waals surface area contributed by atoms with Gasteiger partial charge in [0.1, 0.15) is 5.78 Å². The van der Waals surface area contributed by atoms with Crippen molar-refractivity contribution >= 4 is 18.4 Å². The molecule has 0 aromatic heterocycles. The molecule has 0 heterocycles. The first-order chi connectivity index (χ1) is 5.54. The van der Waals surface area contributed by atoms with Crippen LogP contribution in [0.2, 0.25) is 0 Å². The Kier molecular flexibility index (Phi) is 1.64. The number of Topliss-reactive ketones (excluding diaryl/α,β-unsaturated/α-hetero) is 1. The summed E-state index contributed by atoms with van der Waals surface area (Å²) in [6.45, 7) is 4.38. The Morgan fingerprint density at radius 2 is 2.25 bits per heavy atom. The topological polar surface area (TPSA) is 17.1 Å². The van der Waals surface area contributed by atoms with E-state index in [-0.39, 0.29) is 10.8 Å². The van der Waals surface area contributed by atoms with E-state index in [1.54, 1.807) is 0 Å². The lowest BCUT2D eigenvalue weighted by Gasteiger charge is -2.35. The SMILES string of the molecule is CC12CCC(CC1=O)C2(C)CS. The van der Waals surface area contributed by atoms with Crippen molar-refractivity contribution in [2.45, 2.75) is 33.1 Å². The van der Waals surface area contributed by atoms with E-state index in [2.05, 4.69) is 26.5 Å². The molecule has 2 aliphatic rings. The van der Waals surface area contributed by atoms with Crippen molar-refractivity contribution in [3.8, 4) is 0 Å². The second-order valence-corrected chi connectivity index (χ2v) is 5.09. The quantitative estimate of drug-likeness (QED) is 0.619. The van der Waals surface area contributed by atoms with Gasteiger partial charge in [0, 0.05) is 11.8 Å². The molecule has 0 spiro atoms. The minimum Gasteiger partial charge on any atom is -0.299 e. The summed E-state index contributed by atoms with van der Waals surface area (Å²) in [6, 6.07) is 0. The zero-order valence-corrected chi connectivity index (χ0v) is 8.66. The van der Waals surface area contributed by atoms with Gasteiger partial charge in [-0.05, 0) is 29.9 Å². The molecule has 12 heavy (non-hydrogen) atoms. The number of ketones is 1. The molecule has 0 aromatic carbocycles. The predicted octanol–water partition coefficient (Wildman–Crippen LogP) is 2.31. The molecule has 0 amide bonds. The lowest BCUT2D eigenvalue weighted by atomic mass is 9.70. The maximum atomic E-state index is 11.7. The molecule has 2 saturated carbocycles. The van der Waals surface area contributed by atoms with Crippen LogP contribution in [-0.2, 0) is 4.79 Å². The highest BCUT2D eigenvalue weighted by molar-refractivity contribution is 7.80. The van der Waals surface area contributed by atoms with Crippen molar-refractivity contribution in [1.29, 1.82) is 0 Å². The minimum atomic E-state index is -0.0422. The third-order valence-corrected chi connectivity index (χ3v) is 5.19. The Balaban J connectivity index is 2.44. The fourth-order valence-corrected chi connectivity index (χ4v) is 3.66. The van der Waals surface area contributed by atoms with Crippen molar-refractivity contribution < 1.29 is 4.79 Å². The van der Waals surface area contributed by atoms with Gasteiger partial charge in [-0.1, -0.05) is 13.8 Å². The van der Waals surface area contributed by atoms with Crippen LogP contribution in [-0.4, -0.2) is 11.5 Å². The smallest absolute Gasteiger partial charge is 0.139 e. The van der Waals surface area contributed by atoms with Gasteiger partial charge in [0.2, 0.25) is 0 Å². The molecule has 2 fully saturated rings. The van der Waals surface area contributed by atoms with Gasteiger partial charge in [-0.15, -0.1) is 0 Å². The summed E-state index contributed by atoms with van der Waals surface area (Å²) in [5.74, 6) is 1.96. The fraction of sp³-hybridized carbons (Fsp3) is 0.900. The van der Waals surface area contributed by atoms with Gasteiger partial charge in [-0.3, -0.25) is 4.79 Å². The second kappa shape index (κ2) is 2.28. The standard InChI is InChI=1S/C10H16OS/c1-9-4-3-7(5-8(9)11)10(9,2)6-12/h7,12H,3-6H2,1-2H3. The van der Waals surface area contributed by atoms with Crippen LogP contribution in [0.5, 0.6) is 0 Å². The first-order valence-electron chi connectivity index (χ1n) is 4.69. The summed E-state index contributed by atoms with van der Waals surface area (Å²) >= 11 is 4.40. The van der Waals surface area contributed by atoms with E-state index in [0.29, 0.717) is 11.7 Å². The average molecular weight is 184 g/mol. The van der Waals surface area contributed by atoms with Crippen LogP contribution in [0.15, 0.2) is 0 Å². The molecule has 0 radical (unpaired) electrons. The summed E-state index contributed by atoms with van der Waals surface area (Å²) in [5, 5.41) is 0. The van der Waals surface area contributed by atoms with Gasteiger partial charge in [0.15, 0.2) is 0 Å². The van der Waals surface area contributed by atoms with Crippen molar-refractivity contribution in [3.05, 3.63) is 0 Å². The van der Waals surface area contributed by atoms with E-state index in [4.69, 9.17) is 0 Å². The first-order valence-corrected chi connectivity index (χ1v) is 5.32. The van der Waals surface area contributed by atoms with Crippen molar-refractivity contribution in [3.63, 3.8) is 0 Å². The molecular weight excluding hydrogens is 168 g/mol. The van der Waals surface area contributed by atoms with E-state index >= 15 is 0 Å². The Hall–Kier alpha value is 0.0200. The van der Waals surface area contributed by atoms with Gasteiger partial charge in [-0.2, -0.15) is 12.6 Å². The molecule has 2 rings (SSSR count). The zero-order chi connectivity index (χ0) is 8.98. The number of thiol groups is 1. The first kappa shape index (κ1) is 8.61. The summed E-state index contributed by atoms with van der Waals surface area (Å²) in [7, 11) is 0. The van der Waals surface area contributed by atoms with Gasteiger partial charge in [0.25, 0.3) is 0 Å². The molecule has 0 aliphatic heterocycles. The number of rotatable bonds is 1. The lowest BCUT2D eigenvalue weighted by molar-refractivity contribution is -0.128. The number of hydrogen-bond donors (Lipinski definition) is 1. The molecule has 1 nitrogen and oxygen atoms in total. The van der Waals surface area contributed by atoms with Crippen LogP contribution in [0.4, 0.5) is 0 Å². The van der Waals surface area contributed by atoms with Gasteiger partial charge in [-0.25, -0.2) is 0 Å². The molecular formula is C10H16OS. The van der Waals surface area contributed by atoms with E-state index < -0.39 is 0 Å². The third-order valence-electron chi connectivity index (χ3n) is 4.53. The highest BCUT2D eigenvalue weighted by atomic mass is 32.1. The lowest BCUT2D eigenvalue weighted by Crippen LogP contribution is -2.36. The van der Waals surface area contributed by atoms with Gasteiger partial charge >= 0.3 is 0 Å². The number of carbonyl (C=O) groups is 1. The fourth-order valence-electron chi connectivity index (χ4n) is 3.06. The largest absolute Gasteiger partial charge is 0.299 e. The Bertz CT molecular complexity index is 238. The molecule has 0 saturated heterocycles. The second-order valence-electron chi connectivity index (χ2n) is 4.77. The summed E-state index contributed by atoms with van der Waals surface area (Å²) in [6.07, 6.45) is 3.14. The average Bonchev–Trinajstić information content (AvgIpc) is 2.39. The van der Waals surface area contributed by atoms with Crippen LogP contribution in [0, 0.1) is 16.7 Å². The Labute approximate surface area is 79.3 Å². The van der Waals surface area contributed by atoms with Crippen LogP contribution >= 0.6 is 12.6 Å². The minimum absolute atomic E-state index is 0.0422. The molecule has 2 heteroatoms. The summed E-state index contributed by atoms with van der Waals surface area (Å²) in [4.78, 5) is 11.7. The van der Waals surface area contributed by atoms with E-state index in [1.165, 1.54) is 6.42 Å². The number of carbonyl (C=O) groups excluding carboxylic acids is 1. The number of fused-ring (bicyclic) bond motifs is 2. The highest BCUT2D eigenvalue weighted by Crippen LogP contribution is 2.64. The van der Waals surface area contributed by atoms with Crippen molar-refractivity contribution in [2.24, 2.45) is 16.7 Å². The van der Waals surface area contributed by atoms with Crippen LogP contribution in [0.1, 0.15) is 33.1 Å². The number of hydrogen-bond acceptors (Lipinski definition) is 2. The maximum absolute atomic E-state index is 11.7. The summed E-state index contributed by atoms with van der Waals surface area (Å²) in [5.41, 5.74) is 0.145. The normalized spacial score (nSPS) is 51.9. The molecule has 3 atom stereocenters. The van der Waals surface area contributed by atoms with Gasteiger partial charge in [0.05, 0.1) is 0 Å². The van der Waals surface area contributed by atoms with Gasteiger partial charge < -0.3 is 0 Å². The van der Waals surface area contributed by atoms with Crippen molar-refractivity contribution in [2.75, 3.05) is 5.75 Å². The molecule has 0 aromatic rings. The molecule has 3 unspecified atom stereocenters. The maximum Gasteiger partial charge on any atom is 0.139 e. The summed E-state index contributed by atoms with van der Waals surface area (Å²) < 4.78 is 0. The van der Waals surface area contributed by atoms with Crippen LogP contribution < -0.4 is 0 Å². The zero-order valence-electron chi connectivity index (χ0n) is 7.76. The van der Waals surface area contributed by atoms with Crippen molar-refractivity contribution in [1.82, 2.24) is 0 Å². The molecule has 0 N–H and O–H groups in total. The molecule has 2 aliphatic carbocycles. The molecule has 2 bridgehead atoms. The Morgan fingerprint density at radius 1 is 1.58 bits per heavy atom. The third kappa shape index (κ3) is 0.704. The van der Waals surface area contributed by atoms with Crippen LogP contribution in [0.25, 0.3) is 0 Å².